The fraction of sp³-hybridized carbons (Fsp3) is 0.500. The lowest BCUT2D eigenvalue weighted by Crippen LogP contribution is -2.43. The van der Waals surface area contributed by atoms with E-state index in [2.05, 4.69) is 18.8 Å². The molecule has 1 amide bonds. The number of aryl methyl sites for hydroxylation is 1. The molecule has 3 nitrogen and oxygen atoms in total. The Morgan fingerprint density at radius 2 is 2.19 bits per heavy atom. The second kappa shape index (κ2) is 7.28. The lowest BCUT2D eigenvalue weighted by molar-refractivity contribution is 0.0608. The van der Waals surface area contributed by atoms with E-state index in [1.807, 2.05) is 30.0 Å². The smallest absolute Gasteiger partial charge is 0.254 e. The highest BCUT2D eigenvalue weighted by atomic mass is 16.2. The van der Waals surface area contributed by atoms with Gasteiger partial charge in [-0.1, -0.05) is 18.8 Å². The number of hydrogen-bond acceptors (Lipinski definition) is 2. The van der Waals surface area contributed by atoms with Crippen LogP contribution < -0.4 is 0 Å². The van der Waals surface area contributed by atoms with Gasteiger partial charge in [-0.2, -0.15) is 0 Å². The molecule has 1 aliphatic heterocycles. The van der Waals surface area contributed by atoms with Gasteiger partial charge in [0.15, 0.2) is 0 Å². The summed E-state index contributed by atoms with van der Waals surface area (Å²) in [6, 6.07) is 6.05. The van der Waals surface area contributed by atoms with Crippen molar-refractivity contribution >= 4 is 5.91 Å². The van der Waals surface area contributed by atoms with E-state index in [0.29, 0.717) is 11.6 Å². The molecular formula is C18H23NO2. The van der Waals surface area contributed by atoms with Crippen LogP contribution in [0.25, 0.3) is 0 Å². The van der Waals surface area contributed by atoms with Crippen molar-refractivity contribution in [3.05, 3.63) is 34.9 Å². The first-order chi connectivity index (χ1) is 10.2. The molecule has 0 aliphatic carbocycles. The molecule has 1 N–H and O–H groups in total. The first kappa shape index (κ1) is 15.6. The Bertz CT molecular complexity index is 568. The summed E-state index contributed by atoms with van der Waals surface area (Å²) < 4.78 is 0. The molecular weight excluding hydrogens is 262 g/mol. The average Bonchev–Trinajstić information content (AvgIpc) is 2.51. The van der Waals surface area contributed by atoms with Gasteiger partial charge in [0, 0.05) is 23.7 Å². The van der Waals surface area contributed by atoms with Gasteiger partial charge in [0.1, 0.15) is 6.61 Å². The number of likely N-dealkylation sites (tertiary alicyclic amines) is 1. The number of carbonyl (C=O) groups is 1. The first-order valence-corrected chi connectivity index (χ1v) is 7.68. The van der Waals surface area contributed by atoms with Crippen LogP contribution in [0.4, 0.5) is 0 Å². The molecule has 0 aromatic heterocycles. The van der Waals surface area contributed by atoms with Gasteiger partial charge < -0.3 is 10.0 Å². The number of amides is 1. The molecule has 21 heavy (non-hydrogen) atoms. The van der Waals surface area contributed by atoms with Crippen LogP contribution >= 0.6 is 0 Å². The molecule has 0 radical (unpaired) electrons. The van der Waals surface area contributed by atoms with E-state index in [0.717, 1.165) is 36.9 Å². The zero-order chi connectivity index (χ0) is 15.2. The van der Waals surface area contributed by atoms with Gasteiger partial charge in [-0.3, -0.25) is 4.79 Å². The molecule has 3 heteroatoms. The summed E-state index contributed by atoms with van der Waals surface area (Å²) in [5.74, 6) is 5.63. The second-order valence-corrected chi connectivity index (χ2v) is 5.60. The summed E-state index contributed by atoms with van der Waals surface area (Å²) >= 11 is 0. The fourth-order valence-electron chi connectivity index (χ4n) is 2.98. The van der Waals surface area contributed by atoms with E-state index in [4.69, 9.17) is 5.11 Å². The summed E-state index contributed by atoms with van der Waals surface area (Å²) in [7, 11) is 0. The lowest BCUT2D eigenvalue weighted by atomic mass is 9.98. The highest BCUT2D eigenvalue weighted by Gasteiger charge is 2.26. The molecule has 0 bridgehead atoms. The number of rotatable bonds is 2. The second-order valence-electron chi connectivity index (χ2n) is 5.60. The number of benzene rings is 1. The van der Waals surface area contributed by atoms with Gasteiger partial charge in [-0.25, -0.2) is 0 Å². The maximum Gasteiger partial charge on any atom is 0.254 e. The van der Waals surface area contributed by atoms with E-state index < -0.39 is 0 Å². The van der Waals surface area contributed by atoms with Gasteiger partial charge in [0.05, 0.1) is 0 Å². The van der Waals surface area contributed by atoms with Crippen molar-refractivity contribution in [3.63, 3.8) is 0 Å². The minimum atomic E-state index is -0.165. The third-order valence-electron chi connectivity index (χ3n) is 4.00. The maximum absolute atomic E-state index is 12.8. The van der Waals surface area contributed by atoms with Gasteiger partial charge in [0.2, 0.25) is 0 Å². The highest BCUT2D eigenvalue weighted by molar-refractivity contribution is 5.95. The van der Waals surface area contributed by atoms with Gasteiger partial charge >= 0.3 is 0 Å². The summed E-state index contributed by atoms with van der Waals surface area (Å²) in [5.41, 5.74) is 2.52. The van der Waals surface area contributed by atoms with Crippen molar-refractivity contribution in [1.82, 2.24) is 4.90 Å². The molecule has 1 saturated heterocycles. The molecule has 1 aliphatic rings. The Hall–Kier alpha value is -1.79. The van der Waals surface area contributed by atoms with E-state index in [1.165, 1.54) is 6.42 Å². The Morgan fingerprint density at radius 1 is 1.38 bits per heavy atom. The largest absolute Gasteiger partial charge is 0.384 e. The zero-order valence-corrected chi connectivity index (χ0v) is 12.9. The van der Waals surface area contributed by atoms with Crippen LogP contribution in [-0.2, 0) is 0 Å². The van der Waals surface area contributed by atoms with Crippen LogP contribution in [0.15, 0.2) is 18.2 Å². The van der Waals surface area contributed by atoms with Crippen LogP contribution in [0.2, 0.25) is 0 Å². The van der Waals surface area contributed by atoms with Crippen molar-refractivity contribution in [3.8, 4) is 11.8 Å². The predicted molar refractivity (Wildman–Crippen MR) is 84.1 cm³/mol. The van der Waals surface area contributed by atoms with Crippen molar-refractivity contribution < 1.29 is 9.90 Å². The third-order valence-corrected chi connectivity index (χ3v) is 4.00. The number of aliphatic hydroxyl groups is 1. The molecule has 1 aromatic rings. The predicted octanol–water partition coefficient (Wildman–Crippen LogP) is 2.74. The van der Waals surface area contributed by atoms with E-state index in [-0.39, 0.29) is 12.5 Å². The Labute approximate surface area is 127 Å². The van der Waals surface area contributed by atoms with Crippen LogP contribution in [0.5, 0.6) is 0 Å². The quantitative estimate of drug-likeness (QED) is 0.849. The SMILES string of the molecule is CCC1CCCCN1C(=O)c1cc(C)cc(C#CCO)c1. The Morgan fingerprint density at radius 3 is 2.90 bits per heavy atom. The third kappa shape index (κ3) is 3.86. The lowest BCUT2D eigenvalue weighted by Gasteiger charge is -2.35. The van der Waals surface area contributed by atoms with E-state index in [9.17, 15) is 4.79 Å². The van der Waals surface area contributed by atoms with Crippen molar-refractivity contribution in [2.45, 2.75) is 45.6 Å². The maximum atomic E-state index is 12.8. The number of piperidine rings is 1. The number of carbonyl (C=O) groups excluding carboxylic acids is 1. The molecule has 1 fully saturated rings. The number of hydrogen-bond donors (Lipinski definition) is 1. The van der Waals surface area contributed by atoms with Crippen molar-refractivity contribution in [1.29, 1.82) is 0 Å². The van der Waals surface area contributed by atoms with Crippen molar-refractivity contribution in [2.24, 2.45) is 0 Å². The molecule has 1 heterocycles. The van der Waals surface area contributed by atoms with E-state index >= 15 is 0 Å². The van der Waals surface area contributed by atoms with Crippen LogP contribution in [0.1, 0.15) is 54.1 Å². The minimum absolute atomic E-state index is 0.109. The summed E-state index contributed by atoms with van der Waals surface area (Å²) in [5, 5.41) is 8.80. The standard InChI is InChI=1S/C18H23NO2/c1-3-17-8-4-5-9-19(17)18(21)16-12-14(2)11-15(13-16)7-6-10-20/h11-13,17,20H,3-5,8-10H2,1-2H3. The van der Waals surface area contributed by atoms with Gasteiger partial charge in [-0.05, 0) is 56.4 Å². The average molecular weight is 285 g/mol. The highest BCUT2D eigenvalue weighted by Crippen LogP contribution is 2.22. The molecule has 0 saturated carbocycles. The van der Waals surface area contributed by atoms with Crippen LogP contribution in [0.3, 0.4) is 0 Å². The Kier molecular flexibility index (Phi) is 5.41. The van der Waals surface area contributed by atoms with Crippen LogP contribution in [0, 0.1) is 18.8 Å². The molecule has 2 rings (SSSR count). The topological polar surface area (TPSA) is 40.5 Å². The fourth-order valence-corrected chi connectivity index (χ4v) is 2.98. The Balaban J connectivity index is 2.27. The minimum Gasteiger partial charge on any atom is -0.384 e. The van der Waals surface area contributed by atoms with Gasteiger partial charge in [0.25, 0.3) is 5.91 Å². The monoisotopic (exact) mass is 285 g/mol. The van der Waals surface area contributed by atoms with Crippen molar-refractivity contribution in [2.75, 3.05) is 13.2 Å². The zero-order valence-electron chi connectivity index (χ0n) is 12.9. The summed E-state index contributed by atoms with van der Waals surface area (Å²) in [4.78, 5) is 14.8. The molecule has 0 spiro atoms. The first-order valence-electron chi connectivity index (χ1n) is 7.68. The van der Waals surface area contributed by atoms with Crippen LogP contribution in [-0.4, -0.2) is 35.1 Å². The van der Waals surface area contributed by atoms with Gasteiger partial charge in [-0.15, -0.1) is 0 Å². The normalized spacial score (nSPS) is 18.0. The molecule has 1 aromatic carbocycles. The van der Waals surface area contributed by atoms with E-state index in [1.54, 1.807) is 0 Å². The molecule has 1 atom stereocenters. The summed E-state index contributed by atoms with van der Waals surface area (Å²) in [6.07, 6.45) is 4.41. The summed E-state index contributed by atoms with van der Waals surface area (Å²) in [6.45, 7) is 4.79. The molecule has 112 valence electrons. The number of aliphatic hydroxyl groups excluding tert-OH is 1. The molecule has 1 unspecified atom stereocenters. The number of nitrogens with zero attached hydrogens (tertiary/aromatic N) is 1.